The van der Waals surface area contributed by atoms with Gasteiger partial charge >= 0.3 is 0 Å². The van der Waals surface area contributed by atoms with Crippen LogP contribution in [0.1, 0.15) is 32.1 Å². The zero-order valence-electron chi connectivity index (χ0n) is 8.71. The molecule has 0 radical (unpaired) electrons. The fraction of sp³-hybridized carbons (Fsp3) is 0.909. The number of nitrogens with one attached hydrogen (secondary N) is 1. The molecule has 2 aliphatic rings. The lowest BCUT2D eigenvalue weighted by Crippen LogP contribution is -2.39. The van der Waals surface area contributed by atoms with E-state index in [0.29, 0.717) is 12.5 Å². The van der Waals surface area contributed by atoms with Gasteiger partial charge in [0.1, 0.15) is 0 Å². The van der Waals surface area contributed by atoms with Crippen LogP contribution in [0.4, 0.5) is 0 Å². The minimum atomic E-state index is 0.684. The Bertz CT molecular complexity index is 211. The molecular formula is C11H19N3. The molecule has 0 amide bonds. The zero-order valence-corrected chi connectivity index (χ0v) is 8.71. The van der Waals surface area contributed by atoms with Gasteiger partial charge in [-0.2, -0.15) is 5.26 Å². The number of nitrogens with zero attached hydrogens (tertiary/aromatic N) is 2. The molecule has 1 aliphatic heterocycles. The van der Waals surface area contributed by atoms with Crippen LogP contribution in [0.5, 0.6) is 0 Å². The normalized spacial score (nSPS) is 26.7. The van der Waals surface area contributed by atoms with Crippen molar-refractivity contribution in [3.63, 3.8) is 0 Å². The molecular weight excluding hydrogens is 174 g/mol. The Hall–Kier alpha value is -0.590. The molecule has 0 aromatic heterocycles. The van der Waals surface area contributed by atoms with Crippen molar-refractivity contribution in [2.45, 2.75) is 44.2 Å². The average Bonchev–Trinajstić information content (AvgIpc) is 2.92. The Kier molecular flexibility index (Phi) is 3.39. The van der Waals surface area contributed by atoms with Gasteiger partial charge < -0.3 is 5.32 Å². The summed E-state index contributed by atoms with van der Waals surface area (Å²) in [7, 11) is 0. The van der Waals surface area contributed by atoms with E-state index >= 15 is 0 Å². The summed E-state index contributed by atoms with van der Waals surface area (Å²) < 4.78 is 0. The maximum Gasteiger partial charge on any atom is 0.0635 e. The van der Waals surface area contributed by atoms with E-state index < -0.39 is 0 Å². The third kappa shape index (κ3) is 2.70. The zero-order chi connectivity index (χ0) is 9.80. The lowest BCUT2D eigenvalue weighted by molar-refractivity contribution is 0.244. The Morgan fingerprint density at radius 3 is 2.79 bits per heavy atom. The summed E-state index contributed by atoms with van der Waals surface area (Å²) in [6.45, 7) is 3.31. The second-order valence-corrected chi connectivity index (χ2v) is 4.43. The molecule has 1 aliphatic carbocycles. The first-order valence-corrected chi connectivity index (χ1v) is 5.74. The van der Waals surface area contributed by atoms with E-state index in [9.17, 15) is 0 Å². The van der Waals surface area contributed by atoms with Gasteiger partial charge in [-0.05, 0) is 32.2 Å². The van der Waals surface area contributed by atoms with Crippen LogP contribution in [0.25, 0.3) is 0 Å². The molecule has 1 heterocycles. The monoisotopic (exact) mass is 193 g/mol. The van der Waals surface area contributed by atoms with Gasteiger partial charge in [0.2, 0.25) is 0 Å². The van der Waals surface area contributed by atoms with Crippen molar-refractivity contribution < 1.29 is 0 Å². The Labute approximate surface area is 86.1 Å². The molecule has 0 aromatic rings. The molecule has 1 atom stereocenters. The largest absolute Gasteiger partial charge is 0.313 e. The second kappa shape index (κ2) is 4.77. The first-order chi connectivity index (χ1) is 6.90. The molecule has 2 fully saturated rings. The highest BCUT2D eigenvalue weighted by Crippen LogP contribution is 2.27. The summed E-state index contributed by atoms with van der Waals surface area (Å²) in [5, 5.41) is 12.1. The molecule has 1 N–H and O–H groups in total. The van der Waals surface area contributed by atoms with Crippen molar-refractivity contribution in [3.8, 4) is 6.07 Å². The smallest absolute Gasteiger partial charge is 0.0635 e. The van der Waals surface area contributed by atoms with Crippen LogP contribution < -0.4 is 5.32 Å². The van der Waals surface area contributed by atoms with Gasteiger partial charge in [0.25, 0.3) is 0 Å². The van der Waals surface area contributed by atoms with E-state index in [4.69, 9.17) is 5.26 Å². The predicted molar refractivity (Wildman–Crippen MR) is 55.8 cm³/mol. The van der Waals surface area contributed by atoms with Crippen LogP contribution in [-0.4, -0.2) is 36.6 Å². The van der Waals surface area contributed by atoms with Crippen molar-refractivity contribution in [3.05, 3.63) is 0 Å². The fourth-order valence-electron chi connectivity index (χ4n) is 2.25. The summed E-state index contributed by atoms with van der Waals surface area (Å²) in [5.74, 6) is 0. The van der Waals surface area contributed by atoms with Crippen molar-refractivity contribution in [2.24, 2.45) is 0 Å². The SMILES string of the molecule is N#CCCN(CC1CCCN1)C1CC1. The van der Waals surface area contributed by atoms with Gasteiger partial charge in [-0.3, -0.25) is 4.90 Å². The number of rotatable bonds is 5. The molecule has 0 spiro atoms. The van der Waals surface area contributed by atoms with Gasteiger partial charge in [0, 0.05) is 31.6 Å². The molecule has 1 saturated carbocycles. The van der Waals surface area contributed by atoms with E-state index in [1.165, 1.54) is 32.2 Å². The molecule has 1 saturated heterocycles. The minimum Gasteiger partial charge on any atom is -0.313 e. The molecule has 14 heavy (non-hydrogen) atoms. The van der Waals surface area contributed by atoms with Gasteiger partial charge in [0.05, 0.1) is 6.07 Å². The summed E-state index contributed by atoms with van der Waals surface area (Å²) in [5.41, 5.74) is 0. The van der Waals surface area contributed by atoms with Crippen LogP contribution in [0.15, 0.2) is 0 Å². The maximum absolute atomic E-state index is 8.59. The van der Waals surface area contributed by atoms with Crippen LogP contribution in [0, 0.1) is 11.3 Å². The highest BCUT2D eigenvalue weighted by atomic mass is 15.2. The Balaban J connectivity index is 1.75. The second-order valence-electron chi connectivity index (χ2n) is 4.43. The Morgan fingerprint density at radius 1 is 1.36 bits per heavy atom. The third-order valence-corrected chi connectivity index (χ3v) is 3.19. The van der Waals surface area contributed by atoms with E-state index in [-0.39, 0.29) is 0 Å². The standard InChI is InChI=1S/C11H19N3/c12-6-2-8-14(11-4-5-11)9-10-3-1-7-13-10/h10-11,13H,1-5,7-9H2. The lowest BCUT2D eigenvalue weighted by atomic mass is 10.2. The van der Waals surface area contributed by atoms with Crippen LogP contribution in [0.3, 0.4) is 0 Å². The quantitative estimate of drug-likeness (QED) is 0.711. The van der Waals surface area contributed by atoms with Crippen molar-refractivity contribution >= 4 is 0 Å². The number of hydrogen-bond acceptors (Lipinski definition) is 3. The number of nitriles is 1. The van der Waals surface area contributed by atoms with E-state index in [1.54, 1.807) is 0 Å². The van der Waals surface area contributed by atoms with Crippen molar-refractivity contribution in [1.29, 1.82) is 5.26 Å². The highest BCUT2D eigenvalue weighted by Gasteiger charge is 2.30. The Morgan fingerprint density at radius 2 is 2.21 bits per heavy atom. The molecule has 3 heteroatoms. The van der Waals surface area contributed by atoms with E-state index in [2.05, 4.69) is 16.3 Å². The summed E-state index contributed by atoms with van der Waals surface area (Å²) >= 11 is 0. The third-order valence-electron chi connectivity index (χ3n) is 3.19. The molecule has 78 valence electrons. The van der Waals surface area contributed by atoms with Gasteiger partial charge in [-0.25, -0.2) is 0 Å². The summed E-state index contributed by atoms with van der Waals surface area (Å²) in [4.78, 5) is 2.51. The molecule has 3 nitrogen and oxygen atoms in total. The number of hydrogen-bond donors (Lipinski definition) is 1. The van der Waals surface area contributed by atoms with E-state index in [1.807, 2.05) is 0 Å². The summed E-state index contributed by atoms with van der Waals surface area (Å²) in [6, 6.07) is 3.73. The van der Waals surface area contributed by atoms with Crippen molar-refractivity contribution in [1.82, 2.24) is 10.2 Å². The van der Waals surface area contributed by atoms with Gasteiger partial charge in [0.15, 0.2) is 0 Å². The average molecular weight is 193 g/mol. The van der Waals surface area contributed by atoms with E-state index in [0.717, 1.165) is 19.1 Å². The fourth-order valence-corrected chi connectivity index (χ4v) is 2.25. The lowest BCUT2D eigenvalue weighted by Gasteiger charge is -2.24. The van der Waals surface area contributed by atoms with Crippen molar-refractivity contribution in [2.75, 3.05) is 19.6 Å². The molecule has 1 unspecified atom stereocenters. The first kappa shape index (κ1) is 9.95. The van der Waals surface area contributed by atoms with Gasteiger partial charge in [-0.15, -0.1) is 0 Å². The van der Waals surface area contributed by atoms with Crippen LogP contribution in [0.2, 0.25) is 0 Å². The first-order valence-electron chi connectivity index (χ1n) is 5.74. The topological polar surface area (TPSA) is 39.1 Å². The maximum atomic E-state index is 8.59. The summed E-state index contributed by atoms with van der Waals surface area (Å²) in [6.07, 6.45) is 6.01. The molecule has 0 aromatic carbocycles. The van der Waals surface area contributed by atoms with Crippen LogP contribution >= 0.6 is 0 Å². The predicted octanol–water partition coefficient (Wildman–Crippen LogP) is 1.12. The molecule has 2 rings (SSSR count). The highest BCUT2D eigenvalue weighted by molar-refractivity contribution is 4.89. The minimum absolute atomic E-state index is 0.684. The van der Waals surface area contributed by atoms with Crippen LogP contribution in [-0.2, 0) is 0 Å². The molecule has 0 bridgehead atoms. The van der Waals surface area contributed by atoms with Gasteiger partial charge in [-0.1, -0.05) is 0 Å².